The molecule has 4 nitrogen and oxygen atoms in total. The van der Waals surface area contributed by atoms with Gasteiger partial charge in [-0.2, -0.15) is 0 Å². The second-order valence-electron chi connectivity index (χ2n) is 3.57. The van der Waals surface area contributed by atoms with Crippen LogP contribution in [0.15, 0.2) is 0 Å². The molecule has 0 radical (unpaired) electrons. The highest BCUT2D eigenvalue weighted by Gasteiger charge is 2.21. The highest BCUT2D eigenvalue weighted by molar-refractivity contribution is 7.92. The molecule has 84 valence electrons. The number of nitrogens with two attached hydrogens (primary N) is 1. The number of nitrogens with zero attached hydrogens (tertiary/aromatic N) is 1. The van der Waals surface area contributed by atoms with Gasteiger partial charge in [0.1, 0.15) is 5.75 Å². The predicted octanol–water partition coefficient (Wildman–Crippen LogP) is 0.580. The number of hydrogen-bond acceptors (Lipinski definition) is 3. The van der Waals surface area contributed by atoms with E-state index >= 15 is 0 Å². The van der Waals surface area contributed by atoms with Crippen LogP contribution in [0.3, 0.4) is 0 Å². The minimum Gasteiger partial charge on any atom is -0.392 e. The van der Waals surface area contributed by atoms with Crippen LogP contribution < -0.4 is 5.73 Å². The maximum absolute atomic E-state index is 11.7. The van der Waals surface area contributed by atoms with Gasteiger partial charge in [0, 0.05) is 13.1 Å². The van der Waals surface area contributed by atoms with E-state index in [2.05, 4.69) is 12.2 Å². The van der Waals surface area contributed by atoms with E-state index in [0.717, 1.165) is 0 Å². The summed E-state index contributed by atoms with van der Waals surface area (Å²) in [6.07, 6.45) is 0. The largest absolute Gasteiger partial charge is 0.392 e. The lowest BCUT2D eigenvalue weighted by Gasteiger charge is -2.21. The van der Waals surface area contributed by atoms with Crippen LogP contribution in [0.5, 0.6) is 0 Å². The average Bonchev–Trinajstić information content (AvgIpc) is 1.96. The molecule has 0 aliphatic rings. The quantitative estimate of drug-likeness (QED) is 0.688. The second-order valence-corrected chi connectivity index (χ2v) is 6.06. The number of sulfonamides is 1. The van der Waals surface area contributed by atoms with E-state index < -0.39 is 10.0 Å². The summed E-state index contributed by atoms with van der Waals surface area (Å²) < 4.78 is 24.7. The first-order valence-electron chi connectivity index (χ1n) is 4.55. The molecule has 0 unspecified atom stereocenters. The summed E-state index contributed by atoms with van der Waals surface area (Å²) in [5.74, 6) is 0.0687. The lowest BCUT2D eigenvalue weighted by atomic mass is 10.2. The van der Waals surface area contributed by atoms with Gasteiger partial charge in [-0.15, -0.1) is 0 Å². The molecule has 0 heterocycles. The molecule has 0 aromatic rings. The topological polar surface area (TPSA) is 63.4 Å². The molecular weight excluding hydrogens is 220 g/mol. The zero-order valence-electron chi connectivity index (χ0n) is 8.86. The van der Waals surface area contributed by atoms with Crippen LogP contribution in [0.1, 0.15) is 20.8 Å². The number of thiocarbonyl (C=S) groups is 1. The van der Waals surface area contributed by atoms with Crippen LogP contribution in [-0.2, 0) is 10.0 Å². The van der Waals surface area contributed by atoms with Crippen LogP contribution >= 0.6 is 12.2 Å². The second kappa shape index (κ2) is 5.63. The van der Waals surface area contributed by atoms with Gasteiger partial charge in [-0.05, 0) is 5.92 Å². The Labute approximate surface area is 91.5 Å². The molecule has 0 fully saturated rings. The maximum Gasteiger partial charge on any atom is 0.220 e. The molecule has 0 saturated heterocycles. The third-order valence-electron chi connectivity index (χ3n) is 1.64. The molecule has 0 rings (SSSR count). The standard InChI is InChI=1S/C8H18N2O2S2/c1-4-10(5-7(2)3)14(11,12)6-8(9)13/h7H,4-6H2,1-3H3,(H2,9,13). The van der Waals surface area contributed by atoms with Gasteiger partial charge in [-0.3, -0.25) is 0 Å². The predicted molar refractivity (Wildman–Crippen MR) is 62.7 cm³/mol. The molecule has 14 heavy (non-hydrogen) atoms. The average molecular weight is 238 g/mol. The molecular formula is C8H18N2O2S2. The normalized spacial score (nSPS) is 12.4. The first kappa shape index (κ1) is 13.8. The number of rotatable bonds is 6. The van der Waals surface area contributed by atoms with Gasteiger partial charge in [0.25, 0.3) is 0 Å². The minimum atomic E-state index is -3.30. The van der Waals surface area contributed by atoms with Crippen molar-refractivity contribution in [1.29, 1.82) is 0 Å². The molecule has 0 amide bonds. The van der Waals surface area contributed by atoms with Crippen molar-refractivity contribution in [1.82, 2.24) is 4.31 Å². The van der Waals surface area contributed by atoms with E-state index in [4.69, 9.17) is 5.73 Å². The van der Waals surface area contributed by atoms with E-state index in [1.807, 2.05) is 13.8 Å². The van der Waals surface area contributed by atoms with Crippen molar-refractivity contribution in [2.45, 2.75) is 20.8 Å². The minimum absolute atomic E-state index is 0.0206. The molecule has 0 aliphatic heterocycles. The lowest BCUT2D eigenvalue weighted by molar-refractivity contribution is 0.383. The summed E-state index contributed by atoms with van der Waals surface area (Å²) in [4.78, 5) is 0.0206. The van der Waals surface area contributed by atoms with E-state index in [9.17, 15) is 8.42 Å². The first-order chi connectivity index (χ1) is 6.29. The molecule has 0 aromatic carbocycles. The van der Waals surface area contributed by atoms with Crippen LogP contribution in [-0.4, -0.2) is 36.6 Å². The van der Waals surface area contributed by atoms with Gasteiger partial charge < -0.3 is 5.73 Å². The fraction of sp³-hybridized carbons (Fsp3) is 0.875. The van der Waals surface area contributed by atoms with Gasteiger partial charge in [-0.25, -0.2) is 12.7 Å². The van der Waals surface area contributed by atoms with E-state index in [0.29, 0.717) is 19.0 Å². The van der Waals surface area contributed by atoms with E-state index in [-0.39, 0.29) is 10.7 Å². The summed E-state index contributed by atoms with van der Waals surface area (Å²) >= 11 is 4.60. The van der Waals surface area contributed by atoms with Crippen LogP contribution in [0.2, 0.25) is 0 Å². The Balaban J connectivity index is 4.58. The maximum atomic E-state index is 11.7. The monoisotopic (exact) mass is 238 g/mol. The van der Waals surface area contributed by atoms with Crippen LogP contribution in [0, 0.1) is 5.92 Å². The van der Waals surface area contributed by atoms with Crippen LogP contribution in [0.25, 0.3) is 0 Å². The summed E-state index contributed by atoms with van der Waals surface area (Å²) in [6, 6.07) is 0. The summed E-state index contributed by atoms with van der Waals surface area (Å²) in [6.45, 7) is 6.72. The van der Waals surface area contributed by atoms with Gasteiger partial charge in [0.05, 0.1) is 4.99 Å². The smallest absolute Gasteiger partial charge is 0.220 e. The van der Waals surface area contributed by atoms with Crippen molar-refractivity contribution in [3.63, 3.8) is 0 Å². The molecule has 0 aromatic heterocycles. The summed E-state index contributed by atoms with van der Waals surface area (Å²) in [5, 5.41) is 0. The van der Waals surface area contributed by atoms with Crippen molar-refractivity contribution < 1.29 is 8.42 Å². The highest BCUT2D eigenvalue weighted by Crippen LogP contribution is 2.05. The summed E-state index contributed by atoms with van der Waals surface area (Å²) in [7, 11) is -3.30. The Morgan fingerprint density at radius 2 is 2.00 bits per heavy atom. The van der Waals surface area contributed by atoms with Gasteiger partial charge in [0.2, 0.25) is 10.0 Å². The molecule has 0 atom stereocenters. The van der Waals surface area contributed by atoms with Crippen molar-refractivity contribution in [3.05, 3.63) is 0 Å². The van der Waals surface area contributed by atoms with Gasteiger partial charge >= 0.3 is 0 Å². The highest BCUT2D eigenvalue weighted by atomic mass is 32.2. The van der Waals surface area contributed by atoms with Crippen molar-refractivity contribution in [3.8, 4) is 0 Å². The molecule has 6 heteroatoms. The van der Waals surface area contributed by atoms with E-state index in [1.54, 1.807) is 6.92 Å². The molecule has 0 spiro atoms. The Hall–Kier alpha value is -0.200. The van der Waals surface area contributed by atoms with Gasteiger partial charge in [0.15, 0.2) is 0 Å². The van der Waals surface area contributed by atoms with Crippen molar-refractivity contribution in [2.24, 2.45) is 11.7 Å². The van der Waals surface area contributed by atoms with Crippen molar-refractivity contribution in [2.75, 3.05) is 18.8 Å². The SMILES string of the molecule is CCN(CC(C)C)S(=O)(=O)CC(N)=S. The first-order valence-corrected chi connectivity index (χ1v) is 6.57. The molecule has 0 bridgehead atoms. The van der Waals surface area contributed by atoms with E-state index in [1.165, 1.54) is 4.31 Å². The van der Waals surface area contributed by atoms with Crippen LogP contribution in [0.4, 0.5) is 0 Å². The number of hydrogen-bond donors (Lipinski definition) is 1. The Kier molecular flexibility index (Phi) is 5.54. The third kappa shape index (κ3) is 4.88. The zero-order chi connectivity index (χ0) is 11.4. The van der Waals surface area contributed by atoms with Gasteiger partial charge in [-0.1, -0.05) is 33.0 Å². The third-order valence-corrected chi connectivity index (χ3v) is 3.84. The molecule has 0 saturated carbocycles. The lowest BCUT2D eigenvalue weighted by Crippen LogP contribution is -2.38. The zero-order valence-corrected chi connectivity index (χ0v) is 10.5. The Bertz CT molecular complexity index is 286. The van der Waals surface area contributed by atoms with Crippen molar-refractivity contribution >= 4 is 27.2 Å². The molecule has 2 N–H and O–H groups in total. The molecule has 0 aliphatic carbocycles. The fourth-order valence-corrected chi connectivity index (χ4v) is 3.03. The summed E-state index contributed by atoms with van der Waals surface area (Å²) in [5.41, 5.74) is 5.23. The Morgan fingerprint density at radius 1 is 1.50 bits per heavy atom. The Morgan fingerprint density at radius 3 is 2.29 bits per heavy atom. The fourth-order valence-electron chi connectivity index (χ4n) is 1.12.